The van der Waals surface area contributed by atoms with Crippen molar-refractivity contribution >= 4 is 11.4 Å². The first kappa shape index (κ1) is 17.2. The van der Waals surface area contributed by atoms with E-state index in [1.165, 1.54) is 6.07 Å². The summed E-state index contributed by atoms with van der Waals surface area (Å²) in [6.07, 6.45) is 3.29. The van der Waals surface area contributed by atoms with Gasteiger partial charge in [-0.2, -0.15) is 5.10 Å². The Bertz CT molecular complexity index is 1050. The fraction of sp³-hybridized carbons (Fsp3) is 0.211. The van der Waals surface area contributed by atoms with Crippen LogP contribution in [0.2, 0.25) is 0 Å². The highest BCUT2D eigenvalue weighted by atomic mass is 19.1. The van der Waals surface area contributed by atoms with Gasteiger partial charge < -0.3 is 16.4 Å². The zero-order valence-electron chi connectivity index (χ0n) is 14.9. The molecule has 7 nitrogen and oxygen atoms in total. The van der Waals surface area contributed by atoms with Gasteiger partial charge in [-0.05, 0) is 36.8 Å². The summed E-state index contributed by atoms with van der Waals surface area (Å²) in [5.74, 6) is 1.29. The molecule has 0 aliphatic carbocycles. The molecular weight excluding hydrogens is 345 g/mol. The van der Waals surface area contributed by atoms with Crippen LogP contribution in [0.3, 0.4) is 0 Å². The number of nitrogens with two attached hydrogens (primary N) is 2. The minimum atomic E-state index is -0.383. The lowest BCUT2D eigenvalue weighted by atomic mass is 10.1. The van der Waals surface area contributed by atoms with Crippen LogP contribution in [-0.2, 0) is 6.42 Å². The molecule has 0 radical (unpaired) electrons. The van der Waals surface area contributed by atoms with Gasteiger partial charge in [-0.25, -0.2) is 18.9 Å². The van der Waals surface area contributed by atoms with Gasteiger partial charge in [0.25, 0.3) is 0 Å². The van der Waals surface area contributed by atoms with Crippen molar-refractivity contribution in [1.82, 2.24) is 19.5 Å². The topological polar surface area (TPSA) is 97.8 Å². The number of likely N-dealkylation sites (N-methyl/N-ethyl adjacent to an activating group) is 1. The zero-order chi connectivity index (χ0) is 19.0. The van der Waals surface area contributed by atoms with E-state index in [0.717, 1.165) is 5.52 Å². The number of aromatic nitrogens is 3. The van der Waals surface area contributed by atoms with Crippen molar-refractivity contribution in [3.63, 3.8) is 0 Å². The molecular formula is C19H20FN7. The second-order valence-electron chi connectivity index (χ2n) is 6.27. The highest BCUT2D eigenvalue weighted by Gasteiger charge is 2.26. The molecule has 1 aliphatic heterocycles. The molecule has 3 heterocycles. The maximum absolute atomic E-state index is 14.1. The Balaban J connectivity index is 1.85. The van der Waals surface area contributed by atoms with E-state index in [0.29, 0.717) is 41.7 Å². The van der Waals surface area contributed by atoms with Gasteiger partial charge in [0.05, 0.1) is 5.52 Å². The Morgan fingerprint density at radius 1 is 1.19 bits per heavy atom. The Morgan fingerprint density at radius 2 is 2.00 bits per heavy atom. The van der Waals surface area contributed by atoms with Gasteiger partial charge in [-0.15, -0.1) is 0 Å². The molecule has 4 rings (SSSR count). The summed E-state index contributed by atoms with van der Waals surface area (Å²) in [4.78, 5) is 11.1. The molecule has 0 amide bonds. The highest BCUT2D eigenvalue weighted by Crippen LogP contribution is 2.21. The van der Waals surface area contributed by atoms with E-state index in [1.54, 1.807) is 35.0 Å². The first-order chi connectivity index (χ1) is 13.1. The zero-order valence-corrected chi connectivity index (χ0v) is 14.9. The number of nitrogens with zero attached hydrogens (tertiary/aromatic N) is 5. The van der Waals surface area contributed by atoms with Crippen LogP contribution >= 0.6 is 0 Å². The molecule has 0 fully saturated rings. The van der Waals surface area contributed by atoms with Crippen molar-refractivity contribution in [2.75, 3.05) is 6.54 Å². The summed E-state index contributed by atoms with van der Waals surface area (Å²) >= 11 is 0. The molecule has 8 heteroatoms. The van der Waals surface area contributed by atoms with Crippen molar-refractivity contribution in [2.45, 2.75) is 19.5 Å². The number of aliphatic imine (C=N–C) groups is 1. The molecule has 3 aromatic rings. The molecule has 1 unspecified atom stereocenters. The van der Waals surface area contributed by atoms with Gasteiger partial charge in [0.1, 0.15) is 29.3 Å². The number of hydrogen-bond donors (Lipinski definition) is 2. The van der Waals surface area contributed by atoms with Crippen LogP contribution in [0.15, 0.2) is 59.5 Å². The minimum Gasteiger partial charge on any atom is -0.384 e. The van der Waals surface area contributed by atoms with Crippen molar-refractivity contribution in [3.8, 4) is 0 Å². The number of hydrogen-bond acceptors (Lipinski definition) is 6. The molecule has 0 saturated carbocycles. The van der Waals surface area contributed by atoms with Crippen molar-refractivity contribution in [1.29, 1.82) is 0 Å². The van der Waals surface area contributed by atoms with E-state index in [9.17, 15) is 4.39 Å². The van der Waals surface area contributed by atoms with Gasteiger partial charge >= 0.3 is 0 Å². The molecule has 27 heavy (non-hydrogen) atoms. The van der Waals surface area contributed by atoms with Crippen LogP contribution in [0, 0.1) is 5.82 Å². The monoisotopic (exact) mass is 365 g/mol. The third kappa shape index (κ3) is 3.04. The van der Waals surface area contributed by atoms with Crippen LogP contribution in [0.4, 0.5) is 4.39 Å². The predicted molar refractivity (Wildman–Crippen MR) is 101 cm³/mol. The quantitative estimate of drug-likeness (QED) is 0.732. The molecule has 0 spiro atoms. The summed E-state index contributed by atoms with van der Waals surface area (Å²) in [5, 5.41) is 4.39. The average Bonchev–Trinajstić information content (AvgIpc) is 3.02. The second kappa shape index (κ2) is 6.81. The third-order valence-electron chi connectivity index (χ3n) is 4.55. The number of rotatable bonds is 4. The average molecular weight is 365 g/mol. The normalized spacial score (nSPS) is 17.1. The van der Waals surface area contributed by atoms with E-state index in [-0.39, 0.29) is 12.0 Å². The van der Waals surface area contributed by atoms with E-state index in [4.69, 9.17) is 16.5 Å². The molecule has 1 atom stereocenters. The van der Waals surface area contributed by atoms with Gasteiger partial charge in [0, 0.05) is 19.2 Å². The minimum absolute atomic E-state index is 0.272. The van der Waals surface area contributed by atoms with E-state index in [1.807, 2.05) is 24.0 Å². The first-order valence-electron chi connectivity index (χ1n) is 8.73. The summed E-state index contributed by atoms with van der Waals surface area (Å²) in [6.45, 7) is 2.63. The van der Waals surface area contributed by atoms with Crippen LogP contribution in [0.1, 0.15) is 24.0 Å². The fourth-order valence-electron chi connectivity index (χ4n) is 3.26. The lowest BCUT2D eigenvalue weighted by molar-refractivity contribution is 0.375. The predicted octanol–water partition coefficient (Wildman–Crippen LogP) is 1.63. The molecule has 0 saturated heterocycles. The Kier molecular flexibility index (Phi) is 4.33. The van der Waals surface area contributed by atoms with Crippen LogP contribution < -0.4 is 11.5 Å². The number of fused-ring (bicyclic) bond motifs is 1. The molecule has 138 valence electrons. The van der Waals surface area contributed by atoms with Gasteiger partial charge in [-0.3, -0.25) is 0 Å². The number of halogens is 1. The summed E-state index contributed by atoms with van der Waals surface area (Å²) < 4.78 is 15.8. The fourth-order valence-corrected chi connectivity index (χ4v) is 3.26. The molecule has 1 aliphatic rings. The molecule has 2 aromatic heterocycles. The SMILES string of the molecule is CCN1C(c2nc(Cc3ccccc3F)n3ncccc23)=NC(N)=CC1N. The standard InChI is InChI=1S/C19H20FN7/c1-2-26-16(22)11-15(21)24-19(26)18-14-8-5-9-23-27(14)17(25-18)10-12-6-3-4-7-13(12)20/h3-9,11,16H,2,10,21-22H2,1H3. The van der Waals surface area contributed by atoms with Gasteiger partial charge in [0.2, 0.25) is 0 Å². The van der Waals surface area contributed by atoms with Crippen molar-refractivity contribution in [3.05, 3.63) is 77.4 Å². The van der Waals surface area contributed by atoms with E-state index >= 15 is 0 Å². The smallest absolute Gasteiger partial charge is 0.160 e. The maximum atomic E-state index is 14.1. The summed E-state index contributed by atoms with van der Waals surface area (Å²) in [5.41, 5.74) is 14.1. The Labute approximate surface area is 155 Å². The Morgan fingerprint density at radius 3 is 2.78 bits per heavy atom. The highest BCUT2D eigenvalue weighted by molar-refractivity contribution is 6.04. The molecule has 4 N–H and O–H groups in total. The molecule has 1 aromatic carbocycles. The van der Waals surface area contributed by atoms with Gasteiger partial charge in [-0.1, -0.05) is 18.2 Å². The van der Waals surface area contributed by atoms with Crippen molar-refractivity contribution in [2.24, 2.45) is 16.5 Å². The largest absolute Gasteiger partial charge is 0.384 e. The van der Waals surface area contributed by atoms with Crippen molar-refractivity contribution < 1.29 is 4.39 Å². The third-order valence-corrected chi connectivity index (χ3v) is 4.55. The van der Waals surface area contributed by atoms with Crippen LogP contribution in [-0.4, -0.2) is 38.0 Å². The van der Waals surface area contributed by atoms with Crippen LogP contribution in [0.25, 0.3) is 5.52 Å². The second-order valence-corrected chi connectivity index (χ2v) is 6.27. The van der Waals surface area contributed by atoms with Gasteiger partial charge in [0.15, 0.2) is 5.84 Å². The van der Waals surface area contributed by atoms with E-state index in [2.05, 4.69) is 10.1 Å². The summed E-state index contributed by atoms with van der Waals surface area (Å²) in [6, 6.07) is 10.4. The number of benzene rings is 1. The number of imidazole rings is 1. The summed E-state index contributed by atoms with van der Waals surface area (Å²) in [7, 11) is 0. The number of amidine groups is 1. The Hall–Kier alpha value is -3.26. The lowest BCUT2D eigenvalue weighted by Crippen LogP contribution is -2.47. The molecule has 0 bridgehead atoms. The maximum Gasteiger partial charge on any atom is 0.160 e. The first-order valence-corrected chi connectivity index (χ1v) is 8.73. The van der Waals surface area contributed by atoms with E-state index < -0.39 is 0 Å². The van der Waals surface area contributed by atoms with Crippen LogP contribution in [0.5, 0.6) is 0 Å². The lowest BCUT2D eigenvalue weighted by Gasteiger charge is -2.31.